The molecule has 0 amide bonds. The van der Waals surface area contributed by atoms with Crippen LogP contribution in [0, 0.1) is 12.8 Å². The summed E-state index contributed by atoms with van der Waals surface area (Å²) in [5, 5.41) is 1.18. The first kappa shape index (κ1) is 16.9. The number of aryl methyl sites for hydroxylation is 1. The van der Waals surface area contributed by atoms with Crippen LogP contribution in [0.25, 0.3) is 16.7 Å². The first-order valence-electron chi connectivity index (χ1n) is 7.91. The molecule has 4 nitrogen and oxygen atoms in total. The molecule has 2 aromatic heterocycles. The predicted molar refractivity (Wildman–Crippen MR) is 103 cm³/mol. The molecule has 0 spiro atoms. The summed E-state index contributed by atoms with van der Waals surface area (Å²) in [6, 6.07) is 11.1. The summed E-state index contributed by atoms with van der Waals surface area (Å²) < 4.78 is 0.927. The topological polar surface area (TPSA) is 47.8 Å². The Bertz CT molecular complexity index is 1000. The number of hydrogen-bond donors (Lipinski definition) is 0. The van der Waals surface area contributed by atoms with Crippen molar-refractivity contribution in [3.63, 3.8) is 0 Å². The molecule has 7 heteroatoms. The third kappa shape index (κ3) is 3.28. The number of hydrogen-bond acceptors (Lipinski definition) is 4. The van der Waals surface area contributed by atoms with E-state index in [0.29, 0.717) is 27.6 Å². The fourth-order valence-corrected chi connectivity index (χ4v) is 4.56. The highest BCUT2D eigenvalue weighted by atomic mass is 35.5. The van der Waals surface area contributed by atoms with Gasteiger partial charge in [-0.15, -0.1) is 23.2 Å². The fraction of sp³-hybridized carbons (Fsp3) is 0.278. The number of rotatable bonds is 4. The van der Waals surface area contributed by atoms with E-state index in [1.807, 2.05) is 37.3 Å². The number of pyridine rings is 1. The zero-order valence-corrected chi connectivity index (χ0v) is 15.8. The minimum atomic E-state index is -0.642. The molecular weight excluding hydrogens is 377 g/mol. The number of para-hydroxylation sites is 1. The Kier molecular flexibility index (Phi) is 4.26. The Balaban J connectivity index is 1.82. The molecule has 3 aromatic rings. The smallest absolute Gasteiger partial charge is 0.267 e. The van der Waals surface area contributed by atoms with Gasteiger partial charge in [-0.2, -0.15) is 0 Å². The van der Waals surface area contributed by atoms with E-state index in [0.717, 1.165) is 12.0 Å². The number of aromatic nitrogens is 3. The molecule has 0 saturated heterocycles. The van der Waals surface area contributed by atoms with Gasteiger partial charge in [0, 0.05) is 17.9 Å². The molecular formula is C18H15Cl2N3OS. The quantitative estimate of drug-likeness (QED) is 0.376. The van der Waals surface area contributed by atoms with Crippen LogP contribution < -0.4 is 5.56 Å². The average molecular weight is 392 g/mol. The number of nitrogens with zero attached hydrogens (tertiary/aromatic N) is 3. The van der Waals surface area contributed by atoms with Crippen LogP contribution in [0.3, 0.4) is 0 Å². The van der Waals surface area contributed by atoms with Crippen LogP contribution in [-0.4, -0.2) is 24.6 Å². The molecule has 1 saturated carbocycles. The molecule has 128 valence electrons. The number of alkyl halides is 2. The van der Waals surface area contributed by atoms with Crippen molar-refractivity contribution in [3.8, 4) is 5.82 Å². The predicted octanol–water partition coefficient (Wildman–Crippen LogP) is 4.38. The van der Waals surface area contributed by atoms with E-state index in [2.05, 4.69) is 9.97 Å². The minimum absolute atomic E-state index is 0.122. The van der Waals surface area contributed by atoms with Gasteiger partial charge in [0.25, 0.3) is 5.56 Å². The van der Waals surface area contributed by atoms with Gasteiger partial charge in [0.05, 0.1) is 10.9 Å². The monoisotopic (exact) mass is 391 g/mol. The van der Waals surface area contributed by atoms with Gasteiger partial charge in [-0.05, 0) is 37.1 Å². The lowest BCUT2D eigenvalue weighted by atomic mass is 10.2. The second kappa shape index (κ2) is 6.31. The first-order valence-corrected chi connectivity index (χ1v) is 9.65. The van der Waals surface area contributed by atoms with Crippen molar-refractivity contribution in [2.75, 3.05) is 5.75 Å². The van der Waals surface area contributed by atoms with Crippen molar-refractivity contribution in [2.45, 2.75) is 22.8 Å². The summed E-state index contributed by atoms with van der Waals surface area (Å²) in [5.41, 5.74) is 1.59. The average Bonchev–Trinajstić information content (AvgIpc) is 3.21. The van der Waals surface area contributed by atoms with Crippen LogP contribution in [-0.2, 0) is 0 Å². The van der Waals surface area contributed by atoms with E-state index < -0.39 is 4.33 Å². The lowest BCUT2D eigenvalue weighted by Gasteiger charge is -2.12. The van der Waals surface area contributed by atoms with E-state index in [-0.39, 0.29) is 11.5 Å². The molecule has 25 heavy (non-hydrogen) atoms. The zero-order valence-electron chi connectivity index (χ0n) is 13.4. The lowest BCUT2D eigenvalue weighted by molar-refractivity contribution is 0.792. The standard InChI is InChI=1S/C18H15Cl2N3OS/c1-11-6-7-15(21-9-11)23-16(24)13-4-2-3-5-14(13)22-17(23)25-10-12-8-18(12,19)20/h2-7,9,12H,8,10H2,1H3/t12-/m0/s1. The van der Waals surface area contributed by atoms with Crippen molar-refractivity contribution >= 4 is 45.9 Å². The maximum atomic E-state index is 13.0. The highest BCUT2D eigenvalue weighted by Crippen LogP contribution is 2.54. The third-order valence-corrected chi connectivity index (χ3v) is 6.27. The molecule has 0 unspecified atom stereocenters. The third-order valence-electron chi connectivity index (χ3n) is 4.24. The second-order valence-electron chi connectivity index (χ2n) is 6.22. The van der Waals surface area contributed by atoms with Crippen LogP contribution in [0.4, 0.5) is 0 Å². The van der Waals surface area contributed by atoms with Crippen LogP contribution in [0.2, 0.25) is 0 Å². The molecule has 1 fully saturated rings. The molecule has 1 aromatic carbocycles. The van der Waals surface area contributed by atoms with Crippen molar-refractivity contribution in [3.05, 3.63) is 58.5 Å². The molecule has 0 aliphatic heterocycles. The first-order chi connectivity index (χ1) is 12.0. The highest BCUT2D eigenvalue weighted by molar-refractivity contribution is 7.99. The second-order valence-corrected chi connectivity index (χ2v) is 8.75. The Hall–Kier alpha value is -1.56. The van der Waals surface area contributed by atoms with Gasteiger partial charge in [0.15, 0.2) is 5.16 Å². The summed E-state index contributed by atoms with van der Waals surface area (Å²) >= 11 is 13.7. The molecule has 1 aliphatic rings. The molecule has 2 heterocycles. The van der Waals surface area contributed by atoms with E-state index in [4.69, 9.17) is 23.2 Å². The Morgan fingerprint density at radius 2 is 2.04 bits per heavy atom. The zero-order chi connectivity index (χ0) is 17.6. The van der Waals surface area contributed by atoms with Gasteiger partial charge in [0.2, 0.25) is 0 Å². The summed E-state index contributed by atoms with van der Waals surface area (Å²) in [6.45, 7) is 1.96. The molecule has 0 bridgehead atoms. The largest absolute Gasteiger partial charge is 0.268 e. The SMILES string of the molecule is Cc1ccc(-n2c(SC[C@@H]3CC3(Cl)Cl)nc3ccccc3c2=O)nc1. The van der Waals surface area contributed by atoms with Gasteiger partial charge in [-0.25, -0.2) is 14.5 Å². The number of halogens is 2. The molecule has 1 aliphatic carbocycles. The Labute approximate surface area is 159 Å². The van der Waals surface area contributed by atoms with Gasteiger partial charge >= 0.3 is 0 Å². The molecule has 0 radical (unpaired) electrons. The van der Waals surface area contributed by atoms with Crippen molar-refractivity contribution in [2.24, 2.45) is 5.92 Å². The summed E-state index contributed by atoms with van der Waals surface area (Å²) in [5.74, 6) is 1.49. The van der Waals surface area contributed by atoms with Gasteiger partial charge in [-0.1, -0.05) is 30.0 Å². The maximum absolute atomic E-state index is 13.0. The van der Waals surface area contributed by atoms with Gasteiger partial charge < -0.3 is 0 Å². The van der Waals surface area contributed by atoms with Gasteiger partial charge in [-0.3, -0.25) is 4.79 Å². The normalized spacial score (nSPS) is 18.4. The molecule has 0 N–H and O–H groups in total. The molecule has 4 rings (SSSR count). The maximum Gasteiger partial charge on any atom is 0.267 e. The number of thioether (sulfide) groups is 1. The minimum Gasteiger partial charge on any atom is -0.268 e. The van der Waals surface area contributed by atoms with Crippen molar-refractivity contribution in [1.29, 1.82) is 0 Å². The highest BCUT2D eigenvalue weighted by Gasteiger charge is 2.51. The van der Waals surface area contributed by atoms with Crippen LogP contribution in [0.1, 0.15) is 12.0 Å². The Morgan fingerprint density at radius 3 is 2.72 bits per heavy atom. The van der Waals surface area contributed by atoms with E-state index >= 15 is 0 Å². The van der Waals surface area contributed by atoms with Crippen LogP contribution in [0.15, 0.2) is 52.5 Å². The van der Waals surface area contributed by atoms with E-state index in [1.54, 1.807) is 16.8 Å². The van der Waals surface area contributed by atoms with Crippen LogP contribution >= 0.6 is 35.0 Å². The van der Waals surface area contributed by atoms with Crippen LogP contribution in [0.5, 0.6) is 0 Å². The summed E-state index contributed by atoms with van der Waals surface area (Å²) in [4.78, 5) is 22.1. The Morgan fingerprint density at radius 1 is 1.28 bits per heavy atom. The number of benzene rings is 1. The van der Waals surface area contributed by atoms with E-state index in [9.17, 15) is 4.79 Å². The summed E-state index contributed by atoms with van der Waals surface area (Å²) in [6.07, 6.45) is 2.51. The van der Waals surface area contributed by atoms with Crippen molar-refractivity contribution < 1.29 is 0 Å². The van der Waals surface area contributed by atoms with Crippen molar-refractivity contribution in [1.82, 2.24) is 14.5 Å². The lowest BCUT2D eigenvalue weighted by Crippen LogP contribution is -2.22. The fourth-order valence-electron chi connectivity index (χ4n) is 2.63. The van der Waals surface area contributed by atoms with Gasteiger partial charge in [0.1, 0.15) is 10.2 Å². The van der Waals surface area contributed by atoms with E-state index in [1.165, 1.54) is 11.8 Å². The number of fused-ring (bicyclic) bond motifs is 1. The molecule has 1 atom stereocenters. The summed E-state index contributed by atoms with van der Waals surface area (Å²) in [7, 11) is 0.